The van der Waals surface area contributed by atoms with Crippen LogP contribution in [0.2, 0.25) is 0 Å². The zero-order chi connectivity index (χ0) is 10.0. The summed E-state index contributed by atoms with van der Waals surface area (Å²) >= 11 is 0. The molecule has 2 saturated carbocycles. The van der Waals surface area contributed by atoms with Crippen LogP contribution in [-0.4, -0.2) is 18.1 Å². The van der Waals surface area contributed by atoms with Crippen LogP contribution in [0, 0.1) is 5.92 Å². The normalized spacial score (nSPS) is 34.7. The van der Waals surface area contributed by atoms with Crippen LogP contribution in [0.25, 0.3) is 0 Å². The second kappa shape index (κ2) is 4.19. The van der Waals surface area contributed by atoms with Gasteiger partial charge in [0, 0.05) is 18.1 Å². The summed E-state index contributed by atoms with van der Waals surface area (Å²) in [6, 6.07) is 0.802. The number of hydrogen-bond acceptors (Lipinski definition) is 2. The summed E-state index contributed by atoms with van der Waals surface area (Å²) in [7, 11) is 0. The fraction of sp³-hybridized carbons (Fsp3) is 1.00. The Labute approximate surface area is 87.6 Å². The molecule has 14 heavy (non-hydrogen) atoms. The summed E-state index contributed by atoms with van der Waals surface area (Å²) in [4.78, 5) is 0. The molecule has 2 heteroatoms. The van der Waals surface area contributed by atoms with E-state index in [9.17, 15) is 0 Å². The molecule has 0 aromatic heterocycles. The van der Waals surface area contributed by atoms with Gasteiger partial charge in [-0.15, -0.1) is 0 Å². The summed E-state index contributed by atoms with van der Waals surface area (Å²) < 4.78 is 0. The molecule has 2 aliphatic rings. The summed E-state index contributed by atoms with van der Waals surface area (Å²) in [5.41, 5.74) is 6.43. The lowest BCUT2D eigenvalue weighted by molar-refractivity contribution is 0.397. The standard InChI is InChI=1S/C12H24N2/c1-2-5-10-8-11(10)14-9-12(13)6-3-4-7-12/h10-11,14H,2-9,13H2,1H3. The van der Waals surface area contributed by atoms with E-state index in [1.165, 1.54) is 44.9 Å². The largest absolute Gasteiger partial charge is 0.324 e. The quantitative estimate of drug-likeness (QED) is 0.706. The number of rotatable bonds is 5. The van der Waals surface area contributed by atoms with Crippen LogP contribution in [0.15, 0.2) is 0 Å². The highest BCUT2D eigenvalue weighted by Crippen LogP contribution is 2.35. The van der Waals surface area contributed by atoms with Gasteiger partial charge in [0.25, 0.3) is 0 Å². The third kappa shape index (κ3) is 2.48. The molecule has 0 spiro atoms. The van der Waals surface area contributed by atoms with Crippen LogP contribution >= 0.6 is 0 Å². The van der Waals surface area contributed by atoms with Gasteiger partial charge >= 0.3 is 0 Å². The summed E-state index contributed by atoms with van der Waals surface area (Å²) in [5, 5.41) is 3.65. The van der Waals surface area contributed by atoms with Crippen molar-refractivity contribution in [3.8, 4) is 0 Å². The Morgan fingerprint density at radius 3 is 2.71 bits per heavy atom. The molecule has 3 N–H and O–H groups in total. The van der Waals surface area contributed by atoms with E-state index in [0.717, 1.165) is 18.5 Å². The number of nitrogens with one attached hydrogen (secondary N) is 1. The van der Waals surface area contributed by atoms with Crippen molar-refractivity contribution in [2.45, 2.75) is 63.5 Å². The smallest absolute Gasteiger partial charge is 0.0280 e. The first kappa shape index (κ1) is 10.4. The molecule has 0 radical (unpaired) electrons. The Morgan fingerprint density at radius 2 is 2.07 bits per heavy atom. The van der Waals surface area contributed by atoms with Gasteiger partial charge in [-0.3, -0.25) is 0 Å². The zero-order valence-corrected chi connectivity index (χ0v) is 9.39. The molecule has 0 amide bonds. The van der Waals surface area contributed by atoms with Gasteiger partial charge in [-0.25, -0.2) is 0 Å². The second-order valence-electron chi connectivity index (χ2n) is 5.34. The third-order valence-electron chi connectivity index (χ3n) is 3.90. The zero-order valence-electron chi connectivity index (χ0n) is 9.39. The predicted molar refractivity (Wildman–Crippen MR) is 60.2 cm³/mol. The van der Waals surface area contributed by atoms with Crippen LogP contribution in [0.4, 0.5) is 0 Å². The molecule has 2 rings (SSSR count). The van der Waals surface area contributed by atoms with Gasteiger partial charge in [-0.05, 0) is 31.6 Å². The molecule has 2 aliphatic carbocycles. The topological polar surface area (TPSA) is 38.0 Å². The summed E-state index contributed by atoms with van der Waals surface area (Å²) in [6.07, 6.45) is 9.24. The Balaban J connectivity index is 1.63. The Hall–Kier alpha value is -0.0800. The van der Waals surface area contributed by atoms with Gasteiger partial charge < -0.3 is 11.1 Å². The van der Waals surface area contributed by atoms with Crippen molar-refractivity contribution in [1.29, 1.82) is 0 Å². The molecule has 0 aromatic rings. The molecule has 2 unspecified atom stereocenters. The highest BCUT2D eigenvalue weighted by atomic mass is 15.0. The average molecular weight is 196 g/mol. The Kier molecular flexibility index (Phi) is 3.13. The summed E-state index contributed by atoms with van der Waals surface area (Å²) in [5.74, 6) is 0.963. The van der Waals surface area contributed by atoms with Gasteiger partial charge in [-0.1, -0.05) is 26.2 Å². The van der Waals surface area contributed by atoms with Crippen molar-refractivity contribution >= 4 is 0 Å². The van der Waals surface area contributed by atoms with Gasteiger partial charge in [0.2, 0.25) is 0 Å². The molecule has 82 valence electrons. The van der Waals surface area contributed by atoms with Crippen LogP contribution in [-0.2, 0) is 0 Å². The minimum Gasteiger partial charge on any atom is -0.324 e. The maximum Gasteiger partial charge on any atom is 0.0280 e. The Morgan fingerprint density at radius 1 is 1.36 bits per heavy atom. The second-order valence-corrected chi connectivity index (χ2v) is 5.34. The lowest BCUT2D eigenvalue weighted by Crippen LogP contribution is -2.47. The highest BCUT2D eigenvalue weighted by Gasteiger charge is 2.38. The lowest BCUT2D eigenvalue weighted by Gasteiger charge is -2.24. The third-order valence-corrected chi connectivity index (χ3v) is 3.90. The predicted octanol–water partition coefficient (Wildman–Crippen LogP) is 2.04. The monoisotopic (exact) mass is 196 g/mol. The molecular weight excluding hydrogens is 172 g/mol. The molecule has 0 aromatic carbocycles. The molecule has 0 aliphatic heterocycles. The first-order valence-electron chi connectivity index (χ1n) is 6.26. The Bertz CT molecular complexity index is 185. The number of hydrogen-bond donors (Lipinski definition) is 2. The van der Waals surface area contributed by atoms with Gasteiger partial charge in [0.05, 0.1) is 0 Å². The molecule has 2 fully saturated rings. The van der Waals surface area contributed by atoms with E-state index in [4.69, 9.17) is 5.73 Å². The molecule has 0 heterocycles. The van der Waals surface area contributed by atoms with Crippen molar-refractivity contribution in [1.82, 2.24) is 5.32 Å². The van der Waals surface area contributed by atoms with Crippen molar-refractivity contribution in [3.63, 3.8) is 0 Å². The first-order valence-corrected chi connectivity index (χ1v) is 6.26. The molecular formula is C12H24N2. The van der Waals surface area contributed by atoms with E-state index >= 15 is 0 Å². The van der Waals surface area contributed by atoms with E-state index < -0.39 is 0 Å². The van der Waals surface area contributed by atoms with E-state index in [1.54, 1.807) is 0 Å². The molecule has 2 nitrogen and oxygen atoms in total. The minimum absolute atomic E-state index is 0.138. The van der Waals surface area contributed by atoms with Crippen molar-refractivity contribution in [3.05, 3.63) is 0 Å². The van der Waals surface area contributed by atoms with Gasteiger partial charge in [0.1, 0.15) is 0 Å². The highest BCUT2D eigenvalue weighted by molar-refractivity contribution is 4.97. The van der Waals surface area contributed by atoms with Crippen molar-refractivity contribution in [2.75, 3.05) is 6.54 Å². The molecule has 0 bridgehead atoms. The fourth-order valence-corrected chi connectivity index (χ4v) is 2.78. The SMILES string of the molecule is CCCC1CC1NCC1(N)CCCC1. The average Bonchev–Trinajstić information content (AvgIpc) is 2.76. The van der Waals surface area contributed by atoms with Crippen LogP contribution in [0.1, 0.15) is 51.9 Å². The van der Waals surface area contributed by atoms with Gasteiger partial charge in [0.15, 0.2) is 0 Å². The van der Waals surface area contributed by atoms with Crippen LogP contribution in [0.5, 0.6) is 0 Å². The first-order chi connectivity index (χ1) is 6.73. The maximum atomic E-state index is 6.29. The van der Waals surface area contributed by atoms with Crippen molar-refractivity contribution < 1.29 is 0 Å². The molecule has 0 saturated heterocycles. The van der Waals surface area contributed by atoms with Gasteiger partial charge in [-0.2, -0.15) is 0 Å². The number of nitrogens with two attached hydrogens (primary N) is 1. The maximum absolute atomic E-state index is 6.29. The van der Waals surface area contributed by atoms with Crippen LogP contribution in [0.3, 0.4) is 0 Å². The lowest BCUT2D eigenvalue weighted by atomic mass is 9.99. The summed E-state index contributed by atoms with van der Waals surface area (Å²) in [6.45, 7) is 3.33. The van der Waals surface area contributed by atoms with Crippen LogP contribution < -0.4 is 11.1 Å². The van der Waals surface area contributed by atoms with E-state index in [0.29, 0.717) is 0 Å². The van der Waals surface area contributed by atoms with E-state index in [2.05, 4.69) is 12.2 Å². The van der Waals surface area contributed by atoms with Crippen molar-refractivity contribution in [2.24, 2.45) is 11.7 Å². The fourth-order valence-electron chi connectivity index (χ4n) is 2.78. The molecule has 2 atom stereocenters. The van der Waals surface area contributed by atoms with E-state index in [1.807, 2.05) is 0 Å². The van der Waals surface area contributed by atoms with E-state index in [-0.39, 0.29) is 5.54 Å². The minimum atomic E-state index is 0.138.